The highest BCUT2D eigenvalue weighted by molar-refractivity contribution is 5.26. The highest BCUT2D eigenvalue weighted by atomic mass is 16.5. The minimum Gasteiger partial charge on any atom is -0.477 e. The normalized spacial score (nSPS) is 12.1. The van der Waals surface area contributed by atoms with Crippen molar-refractivity contribution in [1.29, 1.82) is 0 Å². The number of ether oxygens (including phenoxy) is 1. The van der Waals surface area contributed by atoms with Gasteiger partial charge >= 0.3 is 0 Å². The molecule has 0 saturated carbocycles. The summed E-state index contributed by atoms with van der Waals surface area (Å²) in [7, 11) is 0. The van der Waals surface area contributed by atoms with Crippen LogP contribution in [0.3, 0.4) is 0 Å². The van der Waals surface area contributed by atoms with E-state index in [0.717, 1.165) is 5.88 Å². The molecule has 1 aromatic heterocycles. The van der Waals surface area contributed by atoms with Gasteiger partial charge in [0.05, 0.1) is 6.61 Å². The van der Waals surface area contributed by atoms with Crippen LogP contribution in [0.1, 0.15) is 88.7 Å². The molecule has 2 aromatic rings. The van der Waals surface area contributed by atoms with Crippen molar-refractivity contribution < 1.29 is 4.74 Å². The SMILES string of the molecule is CCCCCCc1ccc(C(CCCCCC)COc2ccccn2)cc1. The number of unbranched alkanes of at least 4 members (excludes halogenated alkanes) is 6. The van der Waals surface area contributed by atoms with Gasteiger partial charge in [-0.15, -0.1) is 0 Å². The molecule has 1 aromatic carbocycles. The first-order valence-electron chi connectivity index (χ1n) is 11.0. The quantitative estimate of drug-likeness (QED) is 0.326. The average molecular weight is 368 g/mol. The molecule has 0 radical (unpaired) electrons. The third-order valence-corrected chi connectivity index (χ3v) is 5.25. The Kier molecular flexibility index (Phi) is 10.6. The largest absolute Gasteiger partial charge is 0.477 e. The zero-order valence-electron chi connectivity index (χ0n) is 17.3. The molecule has 1 unspecified atom stereocenters. The first-order valence-corrected chi connectivity index (χ1v) is 11.0. The smallest absolute Gasteiger partial charge is 0.213 e. The zero-order chi connectivity index (χ0) is 19.2. The van der Waals surface area contributed by atoms with Crippen LogP contribution >= 0.6 is 0 Å². The maximum absolute atomic E-state index is 5.99. The van der Waals surface area contributed by atoms with Gasteiger partial charge in [0, 0.05) is 18.2 Å². The molecule has 0 amide bonds. The van der Waals surface area contributed by atoms with Crippen molar-refractivity contribution in [3.05, 3.63) is 59.8 Å². The molecule has 0 N–H and O–H groups in total. The van der Waals surface area contributed by atoms with Crippen LogP contribution in [-0.2, 0) is 6.42 Å². The molecule has 0 aliphatic rings. The minimum atomic E-state index is 0.443. The van der Waals surface area contributed by atoms with E-state index in [-0.39, 0.29) is 0 Å². The Morgan fingerprint density at radius 2 is 1.56 bits per heavy atom. The number of hydrogen-bond donors (Lipinski definition) is 0. The van der Waals surface area contributed by atoms with Crippen molar-refractivity contribution in [2.45, 2.75) is 84.0 Å². The van der Waals surface area contributed by atoms with E-state index in [1.165, 1.54) is 75.3 Å². The zero-order valence-corrected chi connectivity index (χ0v) is 17.3. The minimum absolute atomic E-state index is 0.443. The first kappa shape index (κ1) is 21.5. The fourth-order valence-corrected chi connectivity index (χ4v) is 3.49. The number of benzene rings is 1. The Morgan fingerprint density at radius 1 is 0.815 bits per heavy atom. The molecular formula is C25H37NO. The Labute approximate surface area is 166 Å². The van der Waals surface area contributed by atoms with Crippen molar-refractivity contribution in [1.82, 2.24) is 4.98 Å². The summed E-state index contributed by atoms with van der Waals surface area (Å²) in [5, 5.41) is 0. The van der Waals surface area contributed by atoms with Gasteiger partial charge in [-0.1, -0.05) is 89.1 Å². The summed E-state index contributed by atoms with van der Waals surface area (Å²) >= 11 is 0. The van der Waals surface area contributed by atoms with Crippen LogP contribution < -0.4 is 4.74 Å². The van der Waals surface area contributed by atoms with Gasteiger partial charge < -0.3 is 4.74 Å². The average Bonchev–Trinajstić information content (AvgIpc) is 2.72. The number of hydrogen-bond acceptors (Lipinski definition) is 2. The Balaban J connectivity index is 1.91. The van der Waals surface area contributed by atoms with Gasteiger partial charge in [0.25, 0.3) is 0 Å². The number of pyridine rings is 1. The Morgan fingerprint density at radius 3 is 2.22 bits per heavy atom. The molecule has 27 heavy (non-hydrogen) atoms. The van der Waals surface area contributed by atoms with E-state index in [2.05, 4.69) is 43.1 Å². The number of aryl methyl sites for hydroxylation is 1. The van der Waals surface area contributed by atoms with E-state index in [4.69, 9.17) is 4.74 Å². The van der Waals surface area contributed by atoms with Gasteiger partial charge in [0.15, 0.2) is 0 Å². The van der Waals surface area contributed by atoms with Crippen molar-refractivity contribution in [3.8, 4) is 5.88 Å². The molecule has 2 nitrogen and oxygen atoms in total. The number of nitrogens with zero attached hydrogens (tertiary/aromatic N) is 1. The van der Waals surface area contributed by atoms with Crippen LogP contribution in [0, 0.1) is 0 Å². The van der Waals surface area contributed by atoms with E-state index >= 15 is 0 Å². The summed E-state index contributed by atoms with van der Waals surface area (Å²) in [5.41, 5.74) is 2.87. The summed E-state index contributed by atoms with van der Waals surface area (Å²) in [6, 6.07) is 15.1. The predicted molar refractivity (Wildman–Crippen MR) is 116 cm³/mol. The lowest BCUT2D eigenvalue weighted by molar-refractivity contribution is 0.269. The monoisotopic (exact) mass is 367 g/mol. The van der Waals surface area contributed by atoms with Gasteiger partial charge in [-0.2, -0.15) is 0 Å². The van der Waals surface area contributed by atoms with Gasteiger partial charge in [0.1, 0.15) is 0 Å². The third-order valence-electron chi connectivity index (χ3n) is 5.25. The highest BCUT2D eigenvalue weighted by Crippen LogP contribution is 2.25. The molecule has 0 bridgehead atoms. The van der Waals surface area contributed by atoms with E-state index in [9.17, 15) is 0 Å². The molecule has 148 valence electrons. The maximum Gasteiger partial charge on any atom is 0.213 e. The van der Waals surface area contributed by atoms with Gasteiger partial charge in [-0.3, -0.25) is 0 Å². The topological polar surface area (TPSA) is 22.1 Å². The molecule has 0 fully saturated rings. The number of aromatic nitrogens is 1. The van der Waals surface area contributed by atoms with Gasteiger partial charge in [-0.25, -0.2) is 4.98 Å². The second kappa shape index (κ2) is 13.4. The van der Waals surface area contributed by atoms with E-state index in [0.29, 0.717) is 12.5 Å². The molecule has 2 heteroatoms. The van der Waals surface area contributed by atoms with Crippen LogP contribution in [-0.4, -0.2) is 11.6 Å². The molecule has 1 atom stereocenters. The van der Waals surface area contributed by atoms with Crippen molar-refractivity contribution in [2.24, 2.45) is 0 Å². The lowest BCUT2D eigenvalue weighted by Crippen LogP contribution is -2.11. The van der Waals surface area contributed by atoms with Crippen molar-refractivity contribution >= 4 is 0 Å². The van der Waals surface area contributed by atoms with Crippen molar-refractivity contribution in [3.63, 3.8) is 0 Å². The molecule has 0 aliphatic carbocycles. The second-order valence-corrected chi connectivity index (χ2v) is 7.58. The summed E-state index contributed by atoms with van der Waals surface area (Å²) in [6.45, 7) is 5.24. The summed E-state index contributed by atoms with van der Waals surface area (Å²) in [4.78, 5) is 4.29. The van der Waals surface area contributed by atoms with Crippen LogP contribution in [0.2, 0.25) is 0 Å². The molecule has 1 heterocycles. The van der Waals surface area contributed by atoms with Crippen LogP contribution in [0.4, 0.5) is 0 Å². The highest BCUT2D eigenvalue weighted by Gasteiger charge is 2.13. The Hall–Kier alpha value is -1.83. The summed E-state index contributed by atoms with van der Waals surface area (Å²) < 4.78 is 5.99. The maximum atomic E-state index is 5.99. The summed E-state index contributed by atoms with van der Waals surface area (Å²) in [5.74, 6) is 1.17. The van der Waals surface area contributed by atoms with E-state index < -0.39 is 0 Å². The molecule has 0 saturated heterocycles. The lowest BCUT2D eigenvalue weighted by Gasteiger charge is -2.18. The van der Waals surface area contributed by atoms with E-state index in [1.54, 1.807) is 6.20 Å². The Bertz CT molecular complexity index is 593. The number of rotatable bonds is 14. The fourth-order valence-electron chi connectivity index (χ4n) is 3.49. The third kappa shape index (κ3) is 8.60. The van der Waals surface area contributed by atoms with Crippen molar-refractivity contribution in [2.75, 3.05) is 6.61 Å². The van der Waals surface area contributed by atoms with Crippen LogP contribution in [0.5, 0.6) is 5.88 Å². The van der Waals surface area contributed by atoms with Crippen LogP contribution in [0.15, 0.2) is 48.7 Å². The van der Waals surface area contributed by atoms with Gasteiger partial charge in [0.2, 0.25) is 5.88 Å². The second-order valence-electron chi connectivity index (χ2n) is 7.58. The first-order chi connectivity index (χ1) is 13.3. The predicted octanol–water partition coefficient (Wildman–Crippen LogP) is 7.34. The van der Waals surface area contributed by atoms with Gasteiger partial charge in [-0.05, 0) is 36.5 Å². The fraction of sp³-hybridized carbons (Fsp3) is 0.560. The summed E-state index contributed by atoms with van der Waals surface area (Å²) in [6.07, 6.45) is 14.7. The molecule has 2 rings (SSSR count). The molecule has 0 aliphatic heterocycles. The lowest BCUT2D eigenvalue weighted by atomic mass is 9.92. The molecule has 0 spiro atoms. The van der Waals surface area contributed by atoms with E-state index in [1.807, 2.05) is 18.2 Å². The van der Waals surface area contributed by atoms with Crippen LogP contribution in [0.25, 0.3) is 0 Å². The standard InChI is InChI=1S/C25H37NO/c1-3-5-7-9-13-22-16-18-23(19-17-22)24(14-10-8-6-4-2)21-27-25-15-11-12-20-26-25/h11-12,15-20,24H,3-10,13-14,21H2,1-2H3. The molecular weight excluding hydrogens is 330 g/mol.